The van der Waals surface area contributed by atoms with Crippen LogP contribution in [0.3, 0.4) is 0 Å². The smallest absolute Gasteiger partial charge is 0.120 e. The molecule has 0 aliphatic heterocycles. The van der Waals surface area contributed by atoms with Crippen molar-refractivity contribution in [3.8, 4) is 5.75 Å². The Kier molecular flexibility index (Phi) is 5.47. The van der Waals surface area contributed by atoms with Crippen LogP contribution in [0.15, 0.2) is 24.3 Å². The highest BCUT2D eigenvalue weighted by Crippen LogP contribution is 2.29. The molecule has 1 N–H and O–H groups in total. The van der Waals surface area contributed by atoms with Crippen molar-refractivity contribution in [3.05, 3.63) is 29.8 Å². The molecule has 0 aromatic heterocycles. The van der Waals surface area contributed by atoms with Crippen LogP contribution in [0.2, 0.25) is 0 Å². The molecule has 2 rings (SSSR count). The van der Waals surface area contributed by atoms with E-state index in [0.717, 1.165) is 24.6 Å². The Labute approximate surface area is 123 Å². The van der Waals surface area contributed by atoms with Crippen molar-refractivity contribution < 1.29 is 4.74 Å². The van der Waals surface area contributed by atoms with Gasteiger partial charge in [0.25, 0.3) is 0 Å². The second-order valence-corrected chi connectivity index (χ2v) is 6.47. The Bertz CT molecular complexity index is 416. The van der Waals surface area contributed by atoms with Crippen molar-refractivity contribution >= 4 is 0 Å². The predicted octanol–water partition coefficient (Wildman–Crippen LogP) is 4.36. The van der Waals surface area contributed by atoms with Crippen LogP contribution in [0.25, 0.3) is 0 Å². The standard InChI is InChI=1S/C18H29NO/c1-5-19-17-10-9-14(4)11-18(17)20-16-8-6-7-15(12-16)13(2)3/h6-8,12-14,17-19H,5,9-11H2,1-4H3. The molecule has 1 aromatic rings. The molecule has 0 heterocycles. The van der Waals surface area contributed by atoms with Gasteiger partial charge in [-0.05, 0) is 55.3 Å². The molecule has 0 radical (unpaired) electrons. The Balaban J connectivity index is 2.07. The van der Waals surface area contributed by atoms with Crippen molar-refractivity contribution in [2.75, 3.05) is 6.54 Å². The molecule has 3 atom stereocenters. The molecule has 1 aliphatic rings. The minimum absolute atomic E-state index is 0.307. The number of hydrogen-bond donors (Lipinski definition) is 1. The van der Waals surface area contributed by atoms with Crippen LogP contribution >= 0.6 is 0 Å². The Morgan fingerprint density at radius 3 is 2.80 bits per heavy atom. The molecule has 1 fully saturated rings. The SMILES string of the molecule is CCNC1CCC(C)CC1Oc1cccc(C(C)C)c1. The highest BCUT2D eigenvalue weighted by molar-refractivity contribution is 5.30. The first kappa shape index (κ1) is 15.4. The van der Waals surface area contributed by atoms with Crippen LogP contribution in [0.1, 0.15) is 58.4 Å². The van der Waals surface area contributed by atoms with Gasteiger partial charge in [0, 0.05) is 6.04 Å². The van der Waals surface area contributed by atoms with Crippen molar-refractivity contribution in [1.82, 2.24) is 5.32 Å². The second kappa shape index (κ2) is 7.12. The van der Waals surface area contributed by atoms with E-state index in [2.05, 4.69) is 57.3 Å². The lowest BCUT2D eigenvalue weighted by Gasteiger charge is -2.35. The van der Waals surface area contributed by atoms with Gasteiger partial charge in [0.05, 0.1) is 0 Å². The summed E-state index contributed by atoms with van der Waals surface area (Å²) in [6.45, 7) is 9.98. The predicted molar refractivity (Wildman–Crippen MR) is 85.4 cm³/mol. The summed E-state index contributed by atoms with van der Waals surface area (Å²) in [6, 6.07) is 9.09. The zero-order valence-corrected chi connectivity index (χ0v) is 13.4. The summed E-state index contributed by atoms with van der Waals surface area (Å²) < 4.78 is 6.32. The summed E-state index contributed by atoms with van der Waals surface area (Å²) in [5.74, 6) is 2.34. The van der Waals surface area contributed by atoms with Crippen LogP contribution in [0.4, 0.5) is 0 Å². The van der Waals surface area contributed by atoms with E-state index in [4.69, 9.17) is 4.74 Å². The summed E-state index contributed by atoms with van der Waals surface area (Å²) in [4.78, 5) is 0. The molecule has 1 saturated carbocycles. The summed E-state index contributed by atoms with van der Waals surface area (Å²) in [5.41, 5.74) is 1.35. The Hall–Kier alpha value is -1.02. The Morgan fingerprint density at radius 1 is 1.30 bits per heavy atom. The van der Waals surface area contributed by atoms with E-state index >= 15 is 0 Å². The number of rotatable bonds is 5. The van der Waals surface area contributed by atoms with E-state index in [1.807, 2.05) is 0 Å². The van der Waals surface area contributed by atoms with E-state index < -0.39 is 0 Å². The number of nitrogens with one attached hydrogen (secondary N) is 1. The van der Waals surface area contributed by atoms with Crippen LogP contribution in [-0.2, 0) is 0 Å². The van der Waals surface area contributed by atoms with Gasteiger partial charge in [0.15, 0.2) is 0 Å². The van der Waals surface area contributed by atoms with Gasteiger partial charge in [-0.25, -0.2) is 0 Å². The monoisotopic (exact) mass is 275 g/mol. The summed E-state index contributed by atoms with van der Waals surface area (Å²) >= 11 is 0. The van der Waals surface area contributed by atoms with Crippen LogP contribution in [0, 0.1) is 5.92 Å². The molecule has 20 heavy (non-hydrogen) atoms. The molecule has 0 amide bonds. The van der Waals surface area contributed by atoms with E-state index in [-0.39, 0.29) is 0 Å². The molecule has 0 bridgehead atoms. The third-order valence-corrected chi connectivity index (χ3v) is 4.33. The maximum atomic E-state index is 6.32. The normalized spacial score (nSPS) is 26.8. The van der Waals surface area contributed by atoms with E-state index in [1.165, 1.54) is 18.4 Å². The van der Waals surface area contributed by atoms with Crippen molar-refractivity contribution in [1.29, 1.82) is 0 Å². The van der Waals surface area contributed by atoms with Gasteiger partial charge in [-0.2, -0.15) is 0 Å². The molecule has 2 nitrogen and oxygen atoms in total. The third-order valence-electron chi connectivity index (χ3n) is 4.33. The lowest BCUT2D eigenvalue weighted by Crippen LogP contribution is -2.46. The van der Waals surface area contributed by atoms with E-state index in [1.54, 1.807) is 0 Å². The average Bonchev–Trinajstić information content (AvgIpc) is 2.42. The number of likely N-dealkylation sites (N-methyl/N-ethyl adjacent to an activating group) is 1. The highest BCUT2D eigenvalue weighted by Gasteiger charge is 2.29. The Morgan fingerprint density at radius 2 is 2.10 bits per heavy atom. The second-order valence-electron chi connectivity index (χ2n) is 6.47. The van der Waals surface area contributed by atoms with Gasteiger partial charge >= 0.3 is 0 Å². The lowest BCUT2D eigenvalue weighted by atomic mass is 9.85. The summed E-state index contributed by atoms with van der Waals surface area (Å²) in [7, 11) is 0. The number of ether oxygens (including phenoxy) is 1. The molecule has 112 valence electrons. The van der Waals surface area contributed by atoms with Gasteiger partial charge in [-0.3, -0.25) is 0 Å². The highest BCUT2D eigenvalue weighted by atomic mass is 16.5. The third kappa shape index (κ3) is 3.99. The lowest BCUT2D eigenvalue weighted by molar-refractivity contribution is 0.0915. The van der Waals surface area contributed by atoms with Crippen molar-refractivity contribution in [2.45, 2.75) is 65.0 Å². The molecular weight excluding hydrogens is 246 g/mol. The minimum Gasteiger partial charge on any atom is -0.489 e. The van der Waals surface area contributed by atoms with Crippen molar-refractivity contribution in [2.24, 2.45) is 5.92 Å². The topological polar surface area (TPSA) is 21.3 Å². The van der Waals surface area contributed by atoms with Gasteiger partial charge in [0.1, 0.15) is 11.9 Å². The molecule has 3 unspecified atom stereocenters. The fourth-order valence-corrected chi connectivity index (χ4v) is 3.08. The largest absolute Gasteiger partial charge is 0.489 e. The zero-order valence-electron chi connectivity index (χ0n) is 13.4. The first-order chi connectivity index (χ1) is 9.60. The molecule has 0 spiro atoms. The van der Waals surface area contributed by atoms with Gasteiger partial charge in [-0.1, -0.05) is 39.8 Å². The molecule has 2 heteroatoms. The fourth-order valence-electron chi connectivity index (χ4n) is 3.08. The maximum absolute atomic E-state index is 6.32. The van der Waals surface area contributed by atoms with Gasteiger partial charge in [0.2, 0.25) is 0 Å². The molecule has 0 saturated heterocycles. The quantitative estimate of drug-likeness (QED) is 0.862. The van der Waals surface area contributed by atoms with Gasteiger partial charge < -0.3 is 10.1 Å². The zero-order chi connectivity index (χ0) is 14.5. The van der Waals surface area contributed by atoms with Crippen LogP contribution < -0.4 is 10.1 Å². The fraction of sp³-hybridized carbons (Fsp3) is 0.667. The van der Waals surface area contributed by atoms with Crippen LogP contribution in [0.5, 0.6) is 5.75 Å². The first-order valence-electron chi connectivity index (χ1n) is 8.10. The summed E-state index contributed by atoms with van der Waals surface area (Å²) in [5, 5.41) is 3.59. The van der Waals surface area contributed by atoms with Gasteiger partial charge in [-0.15, -0.1) is 0 Å². The van der Waals surface area contributed by atoms with Crippen molar-refractivity contribution in [3.63, 3.8) is 0 Å². The first-order valence-corrected chi connectivity index (χ1v) is 8.10. The maximum Gasteiger partial charge on any atom is 0.120 e. The average molecular weight is 275 g/mol. The molecule has 1 aromatic carbocycles. The van der Waals surface area contributed by atoms with E-state index in [9.17, 15) is 0 Å². The number of hydrogen-bond acceptors (Lipinski definition) is 2. The van der Waals surface area contributed by atoms with E-state index in [0.29, 0.717) is 18.1 Å². The molecule has 1 aliphatic carbocycles. The minimum atomic E-state index is 0.307. The number of benzene rings is 1. The summed E-state index contributed by atoms with van der Waals surface area (Å²) in [6.07, 6.45) is 4.00. The van der Waals surface area contributed by atoms with Crippen LogP contribution in [-0.4, -0.2) is 18.7 Å². The molecular formula is C18H29NO.